The molecule has 1 aromatic heterocycles. The van der Waals surface area contributed by atoms with E-state index in [0.29, 0.717) is 18.8 Å². The molecule has 1 amide bonds. The molecule has 0 unspecified atom stereocenters. The molecule has 3 nitrogen and oxygen atoms in total. The van der Waals surface area contributed by atoms with Crippen molar-refractivity contribution in [2.75, 3.05) is 18.8 Å². The van der Waals surface area contributed by atoms with Crippen LogP contribution in [-0.4, -0.2) is 34.2 Å². The molecule has 4 heteroatoms. The number of nitrogens with zero attached hydrogens (tertiary/aromatic N) is 2. The second-order valence-corrected chi connectivity index (χ2v) is 5.87. The third-order valence-corrected chi connectivity index (χ3v) is 4.16. The van der Waals surface area contributed by atoms with Crippen molar-refractivity contribution in [3.05, 3.63) is 67.0 Å². The Hall–Kier alpha value is -1.94. The van der Waals surface area contributed by atoms with E-state index in [2.05, 4.69) is 18.7 Å². The molecule has 0 saturated carbocycles. The standard InChI is InChI=1S/C17H20N2OS/c1-3-11-19(17(20)16-10-7-12-18(16)2)13-14-21-15-8-5-4-6-9-15/h3-10,12H,1,11,13-14H2,2H3. The second-order valence-electron chi connectivity index (χ2n) is 4.71. The maximum atomic E-state index is 12.5. The molecule has 0 N–H and O–H groups in total. The Balaban J connectivity index is 1.94. The Morgan fingerprint density at radius 2 is 2.05 bits per heavy atom. The summed E-state index contributed by atoms with van der Waals surface area (Å²) in [6.07, 6.45) is 3.66. The molecule has 0 aliphatic carbocycles. The minimum absolute atomic E-state index is 0.0519. The molecule has 0 spiro atoms. The van der Waals surface area contributed by atoms with Crippen LogP contribution in [0.2, 0.25) is 0 Å². The van der Waals surface area contributed by atoms with Crippen molar-refractivity contribution in [3.8, 4) is 0 Å². The minimum Gasteiger partial charge on any atom is -0.347 e. The van der Waals surface area contributed by atoms with Crippen molar-refractivity contribution < 1.29 is 4.79 Å². The summed E-state index contributed by atoms with van der Waals surface area (Å²) in [5.41, 5.74) is 0.710. The van der Waals surface area contributed by atoms with E-state index in [1.165, 1.54) is 4.90 Å². The average molecular weight is 300 g/mol. The number of amides is 1. The fourth-order valence-corrected chi connectivity index (χ4v) is 2.96. The molecular weight excluding hydrogens is 280 g/mol. The van der Waals surface area contributed by atoms with Gasteiger partial charge in [-0.3, -0.25) is 4.79 Å². The van der Waals surface area contributed by atoms with Gasteiger partial charge in [0.25, 0.3) is 5.91 Å². The summed E-state index contributed by atoms with van der Waals surface area (Å²) in [6.45, 7) is 5.02. The van der Waals surface area contributed by atoms with Crippen molar-refractivity contribution in [2.24, 2.45) is 7.05 Å². The minimum atomic E-state index is 0.0519. The number of benzene rings is 1. The van der Waals surface area contributed by atoms with Gasteiger partial charge in [0.2, 0.25) is 0 Å². The molecule has 2 rings (SSSR count). The van der Waals surface area contributed by atoms with E-state index in [1.807, 2.05) is 53.0 Å². The first-order valence-electron chi connectivity index (χ1n) is 6.91. The van der Waals surface area contributed by atoms with Gasteiger partial charge in [0.05, 0.1) is 0 Å². The van der Waals surface area contributed by atoms with Gasteiger partial charge in [-0.2, -0.15) is 0 Å². The number of hydrogen-bond donors (Lipinski definition) is 0. The molecule has 0 aliphatic heterocycles. The SMILES string of the molecule is C=CCN(CCSc1ccccc1)C(=O)c1cccn1C. The molecule has 0 bridgehead atoms. The monoisotopic (exact) mass is 300 g/mol. The molecule has 0 radical (unpaired) electrons. The first-order chi connectivity index (χ1) is 10.2. The Kier molecular flexibility index (Phi) is 5.69. The van der Waals surface area contributed by atoms with Crippen LogP contribution in [0.3, 0.4) is 0 Å². The first kappa shape index (κ1) is 15.4. The third kappa shape index (κ3) is 4.26. The highest BCUT2D eigenvalue weighted by molar-refractivity contribution is 7.99. The summed E-state index contributed by atoms with van der Waals surface area (Å²) < 4.78 is 1.85. The number of hydrogen-bond acceptors (Lipinski definition) is 2. The Labute approximate surface area is 130 Å². The highest BCUT2D eigenvalue weighted by Gasteiger charge is 2.16. The van der Waals surface area contributed by atoms with Gasteiger partial charge in [0.1, 0.15) is 5.69 Å². The van der Waals surface area contributed by atoms with Gasteiger partial charge in [-0.25, -0.2) is 0 Å². The lowest BCUT2D eigenvalue weighted by molar-refractivity contribution is 0.0774. The zero-order valence-corrected chi connectivity index (χ0v) is 13.1. The first-order valence-corrected chi connectivity index (χ1v) is 7.90. The number of carbonyl (C=O) groups excluding carboxylic acids is 1. The fraction of sp³-hybridized carbons (Fsp3) is 0.235. The molecule has 0 saturated heterocycles. The number of aromatic nitrogens is 1. The lowest BCUT2D eigenvalue weighted by atomic mass is 10.3. The molecule has 0 aliphatic rings. The smallest absolute Gasteiger partial charge is 0.270 e. The number of carbonyl (C=O) groups is 1. The van der Waals surface area contributed by atoms with E-state index in [4.69, 9.17) is 0 Å². The summed E-state index contributed by atoms with van der Waals surface area (Å²) in [6, 6.07) is 14.0. The Bertz CT molecular complexity index is 592. The molecule has 110 valence electrons. The van der Waals surface area contributed by atoms with Gasteiger partial charge in [0.15, 0.2) is 0 Å². The lowest BCUT2D eigenvalue weighted by Crippen LogP contribution is -2.34. The molecule has 2 aromatic rings. The van der Waals surface area contributed by atoms with Crippen molar-refractivity contribution in [3.63, 3.8) is 0 Å². The number of aryl methyl sites for hydroxylation is 1. The van der Waals surface area contributed by atoms with Crippen LogP contribution < -0.4 is 0 Å². The summed E-state index contributed by atoms with van der Waals surface area (Å²) in [5, 5.41) is 0. The zero-order valence-electron chi connectivity index (χ0n) is 12.2. The van der Waals surface area contributed by atoms with Crippen LogP contribution in [0, 0.1) is 0 Å². The number of thioether (sulfide) groups is 1. The quantitative estimate of drug-likeness (QED) is 0.578. The van der Waals surface area contributed by atoms with Crippen LogP contribution in [-0.2, 0) is 7.05 Å². The summed E-state index contributed by atoms with van der Waals surface area (Å²) in [4.78, 5) is 15.6. The van der Waals surface area contributed by atoms with Crippen LogP contribution in [0.15, 0.2) is 66.2 Å². The normalized spacial score (nSPS) is 10.3. The van der Waals surface area contributed by atoms with Gasteiger partial charge in [-0.15, -0.1) is 18.3 Å². The van der Waals surface area contributed by atoms with Gasteiger partial charge in [0, 0.05) is 37.0 Å². The largest absolute Gasteiger partial charge is 0.347 e. The van der Waals surface area contributed by atoms with Crippen LogP contribution in [0.5, 0.6) is 0 Å². The van der Waals surface area contributed by atoms with Gasteiger partial charge in [-0.05, 0) is 24.3 Å². The predicted octanol–water partition coefficient (Wildman–Crippen LogP) is 3.45. The molecule has 1 heterocycles. The van der Waals surface area contributed by atoms with Crippen LogP contribution in [0.1, 0.15) is 10.5 Å². The highest BCUT2D eigenvalue weighted by atomic mass is 32.2. The molecule has 1 aromatic carbocycles. The van der Waals surface area contributed by atoms with Crippen molar-refractivity contribution >= 4 is 17.7 Å². The zero-order chi connectivity index (χ0) is 15.1. The molecule has 21 heavy (non-hydrogen) atoms. The lowest BCUT2D eigenvalue weighted by Gasteiger charge is -2.21. The summed E-state index contributed by atoms with van der Waals surface area (Å²) in [7, 11) is 1.89. The van der Waals surface area contributed by atoms with E-state index in [-0.39, 0.29) is 5.91 Å². The van der Waals surface area contributed by atoms with Crippen molar-refractivity contribution in [1.82, 2.24) is 9.47 Å². The van der Waals surface area contributed by atoms with Gasteiger partial charge < -0.3 is 9.47 Å². The van der Waals surface area contributed by atoms with Crippen LogP contribution in [0.4, 0.5) is 0 Å². The maximum absolute atomic E-state index is 12.5. The highest BCUT2D eigenvalue weighted by Crippen LogP contribution is 2.17. The predicted molar refractivity (Wildman–Crippen MR) is 88.7 cm³/mol. The Morgan fingerprint density at radius 3 is 2.67 bits per heavy atom. The summed E-state index contributed by atoms with van der Waals surface area (Å²) >= 11 is 1.76. The maximum Gasteiger partial charge on any atom is 0.270 e. The van der Waals surface area contributed by atoms with Crippen molar-refractivity contribution in [2.45, 2.75) is 4.90 Å². The third-order valence-electron chi connectivity index (χ3n) is 3.17. The second kappa shape index (κ2) is 7.74. The van der Waals surface area contributed by atoms with E-state index < -0.39 is 0 Å². The number of rotatable bonds is 7. The van der Waals surface area contributed by atoms with E-state index >= 15 is 0 Å². The van der Waals surface area contributed by atoms with Gasteiger partial charge in [-0.1, -0.05) is 24.3 Å². The molecule has 0 atom stereocenters. The van der Waals surface area contributed by atoms with E-state index in [9.17, 15) is 4.79 Å². The topological polar surface area (TPSA) is 25.2 Å². The van der Waals surface area contributed by atoms with Crippen LogP contribution >= 0.6 is 11.8 Å². The Morgan fingerprint density at radius 1 is 1.29 bits per heavy atom. The molecule has 0 fully saturated rings. The average Bonchev–Trinajstić information content (AvgIpc) is 2.93. The molecular formula is C17H20N2OS. The van der Waals surface area contributed by atoms with Crippen LogP contribution in [0.25, 0.3) is 0 Å². The van der Waals surface area contributed by atoms with E-state index in [1.54, 1.807) is 17.8 Å². The summed E-state index contributed by atoms with van der Waals surface area (Å²) in [5.74, 6) is 0.921. The van der Waals surface area contributed by atoms with Gasteiger partial charge >= 0.3 is 0 Å². The van der Waals surface area contributed by atoms with Crippen molar-refractivity contribution in [1.29, 1.82) is 0 Å². The van der Waals surface area contributed by atoms with E-state index in [0.717, 1.165) is 5.75 Å². The fourth-order valence-electron chi connectivity index (χ4n) is 2.07.